The third-order valence-corrected chi connectivity index (χ3v) is 4.63. The lowest BCUT2D eigenvalue weighted by molar-refractivity contribution is -0.137. The topological polar surface area (TPSA) is 62.5 Å². The maximum Gasteiger partial charge on any atom is 0.323 e. The minimum Gasteiger partial charge on any atom is -0.480 e. The molecule has 20 heavy (non-hydrogen) atoms. The minimum absolute atomic E-state index is 0.00866. The number of carbonyl (C=O) groups excluding carboxylic acids is 1. The fraction of sp³-hybridized carbons (Fsp3) is 0.600. The second kappa shape index (κ2) is 5.31. The van der Waals surface area contributed by atoms with Gasteiger partial charge in [-0.2, -0.15) is 0 Å². The fourth-order valence-electron chi connectivity index (χ4n) is 3.70. The summed E-state index contributed by atoms with van der Waals surface area (Å²) < 4.78 is 1.53. The van der Waals surface area contributed by atoms with E-state index in [1.165, 1.54) is 23.8 Å². The standard InChI is InChI=1S/C15H20N2O3/c18-14(19)10-16-8-3-6-13(16)15(20)17-9-7-11-4-1-2-5-12(11)17/h3,6,8,11-12H,1-2,4-5,7,9-10H2,(H,18,19). The zero-order chi connectivity index (χ0) is 14.1. The molecule has 5 nitrogen and oxygen atoms in total. The Morgan fingerprint density at radius 1 is 1.25 bits per heavy atom. The first-order valence-electron chi connectivity index (χ1n) is 7.34. The van der Waals surface area contributed by atoms with E-state index in [2.05, 4.69) is 0 Å². The summed E-state index contributed by atoms with van der Waals surface area (Å²) in [6, 6.07) is 3.83. The van der Waals surface area contributed by atoms with Crippen LogP contribution in [0.2, 0.25) is 0 Å². The van der Waals surface area contributed by atoms with E-state index in [0.29, 0.717) is 17.7 Å². The summed E-state index contributed by atoms with van der Waals surface area (Å²) in [6.07, 6.45) is 7.55. The van der Waals surface area contributed by atoms with Crippen LogP contribution < -0.4 is 0 Å². The number of hydrogen-bond acceptors (Lipinski definition) is 2. The van der Waals surface area contributed by atoms with Gasteiger partial charge in [0, 0.05) is 18.8 Å². The van der Waals surface area contributed by atoms with Gasteiger partial charge in [0.1, 0.15) is 12.2 Å². The Morgan fingerprint density at radius 3 is 2.85 bits per heavy atom. The Kier molecular flexibility index (Phi) is 3.51. The van der Waals surface area contributed by atoms with Gasteiger partial charge >= 0.3 is 5.97 Å². The van der Waals surface area contributed by atoms with Gasteiger partial charge < -0.3 is 14.6 Å². The van der Waals surface area contributed by atoms with Crippen molar-refractivity contribution in [2.75, 3.05) is 6.54 Å². The summed E-state index contributed by atoms with van der Waals surface area (Å²) in [5.74, 6) is -0.284. The molecule has 1 aromatic rings. The highest BCUT2D eigenvalue weighted by molar-refractivity contribution is 5.93. The van der Waals surface area contributed by atoms with Crippen LogP contribution in [0.5, 0.6) is 0 Å². The molecular weight excluding hydrogens is 256 g/mol. The average molecular weight is 276 g/mol. The molecule has 1 aromatic heterocycles. The number of nitrogens with zero attached hydrogens (tertiary/aromatic N) is 2. The first kappa shape index (κ1) is 13.2. The molecular formula is C15H20N2O3. The van der Waals surface area contributed by atoms with E-state index in [-0.39, 0.29) is 12.5 Å². The Bertz CT molecular complexity index is 523. The van der Waals surface area contributed by atoms with Crippen LogP contribution in [0.3, 0.4) is 0 Å². The second-order valence-corrected chi connectivity index (χ2v) is 5.81. The number of fused-ring (bicyclic) bond motifs is 1. The minimum atomic E-state index is -0.924. The monoisotopic (exact) mass is 276 g/mol. The third kappa shape index (κ3) is 2.32. The van der Waals surface area contributed by atoms with E-state index < -0.39 is 5.97 Å². The molecule has 1 amide bonds. The molecule has 2 unspecified atom stereocenters. The summed E-state index contributed by atoms with van der Waals surface area (Å²) in [7, 11) is 0. The lowest BCUT2D eigenvalue weighted by Crippen LogP contribution is -2.40. The molecule has 0 radical (unpaired) electrons. The summed E-state index contributed by atoms with van der Waals surface area (Å²) in [5, 5.41) is 8.90. The predicted octanol–water partition coefficient (Wildman–Crippen LogP) is 1.98. The molecule has 2 atom stereocenters. The van der Waals surface area contributed by atoms with E-state index >= 15 is 0 Å². The summed E-state index contributed by atoms with van der Waals surface area (Å²) in [6.45, 7) is 0.655. The van der Waals surface area contributed by atoms with E-state index in [1.807, 2.05) is 4.90 Å². The van der Waals surface area contributed by atoms with Crippen LogP contribution in [0.25, 0.3) is 0 Å². The number of carbonyl (C=O) groups is 2. The van der Waals surface area contributed by atoms with Gasteiger partial charge in [-0.25, -0.2) is 0 Å². The number of carboxylic acid groups (broad SMARTS) is 1. The number of likely N-dealkylation sites (tertiary alicyclic amines) is 1. The van der Waals surface area contributed by atoms with Crippen LogP contribution in [-0.2, 0) is 11.3 Å². The highest BCUT2D eigenvalue weighted by Gasteiger charge is 2.38. The molecule has 1 saturated heterocycles. The average Bonchev–Trinajstić information content (AvgIpc) is 3.03. The van der Waals surface area contributed by atoms with Crippen molar-refractivity contribution in [3.63, 3.8) is 0 Å². The summed E-state index contributed by atoms with van der Waals surface area (Å²) in [4.78, 5) is 25.5. The normalized spacial score (nSPS) is 25.5. The van der Waals surface area contributed by atoms with Gasteiger partial charge in [-0.05, 0) is 37.3 Å². The molecule has 3 rings (SSSR count). The Morgan fingerprint density at radius 2 is 2.05 bits per heavy atom. The van der Waals surface area contributed by atoms with E-state index in [9.17, 15) is 9.59 Å². The molecule has 2 fully saturated rings. The summed E-state index contributed by atoms with van der Waals surface area (Å²) in [5.41, 5.74) is 0.499. The summed E-state index contributed by atoms with van der Waals surface area (Å²) >= 11 is 0. The zero-order valence-electron chi connectivity index (χ0n) is 11.5. The van der Waals surface area contributed by atoms with Gasteiger partial charge in [0.05, 0.1) is 0 Å². The van der Waals surface area contributed by atoms with Crippen LogP contribution in [0.15, 0.2) is 18.3 Å². The number of carboxylic acids is 1. The van der Waals surface area contributed by atoms with Gasteiger partial charge in [-0.3, -0.25) is 9.59 Å². The number of aliphatic carboxylic acids is 1. The zero-order valence-corrected chi connectivity index (χ0v) is 11.5. The van der Waals surface area contributed by atoms with Crippen LogP contribution in [0, 0.1) is 5.92 Å². The van der Waals surface area contributed by atoms with Crippen molar-refractivity contribution < 1.29 is 14.7 Å². The molecule has 0 spiro atoms. The second-order valence-electron chi connectivity index (χ2n) is 5.81. The van der Waals surface area contributed by atoms with Crippen molar-refractivity contribution >= 4 is 11.9 Å². The van der Waals surface area contributed by atoms with Crippen LogP contribution >= 0.6 is 0 Å². The molecule has 1 saturated carbocycles. The lowest BCUT2D eigenvalue weighted by Gasteiger charge is -2.31. The van der Waals surface area contributed by atoms with Crippen molar-refractivity contribution in [1.82, 2.24) is 9.47 Å². The molecule has 0 bridgehead atoms. The molecule has 0 aromatic carbocycles. The number of rotatable bonds is 3. The molecule has 2 aliphatic rings. The molecule has 108 valence electrons. The molecule has 5 heteroatoms. The Labute approximate surface area is 118 Å². The highest BCUT2D eigenvalue weighted by Crippen LogP contribution is 2.36. The van der Waals surface area contributed by atoms with Crippen molar-refractivity contribution in [1.29, 1.82) is 0 Å². The fourth-order valence-corrected chi connectivity index (χ4v) is 3.70. The lowest BCUT2D eigenvalue weighted by atomic mass is 9.85. The van der Waals surface area contributed by atoms with Gasteiger partial charge in [0.25, 0.3) is 5.91 Å². The van der Waals surface area contributed by atoms with Crippen LogP contribution in [0.1, 0.15) is 42.6 Å². The molecule has 1 aliphatic carbocycles. The highest BCUT2D eigenvalue weighted by atomic mass is 16.4. The molecule has 1 N–H and O–H groups in total. The van der Waals surface area contributed by atoms with Gasteiger partial charge in [-0.1, -0.05) is 12.8 Å². The number of amides is 1. The first-order valence-corrected chi connectivity index (χ1v) is 7.34. The quantitative estimate of drug-likeness (QED) is 0.918. The van der Waals surface area contributed by atoms with Gasteiger partial charge in [-0.15, -0.1) is 0 Å². The van der Waals surface area contributed by atoms with Crippen LogP contribution in [0.4, 0.5) is 0 Å². The van der Waals surface area contributed by atoms with Crippen molar-refractivity contribution in [3.8, 4) is 0 Å². The largest absolute Gasteiger partial charge is 0.480 e. The van der Waals surface area contributed by atoms with Gasteiger partial charge in [0.15, 0.2) is 0 Å². The Hall–Kier alpha value is -1.78. The SMILES string of the molecule is O=C(O)Cn1cccc1C(=O)N1CCC2CCCCC21. The smallest absolute Gasteiger partial charge is 0.323 e. The number of hydrogen-bond donors (Lipinski definition) is 1. The van der Waals surface area contributed by atoms with E-state index in [1.54, 1.807) is 18.3 Å². The van der Waals surface area contributed by atoms with Crippen LogP contribution in [-0.4, -0.2) is 39.0 Å². The van der Waals surface area contributed by atoms with Crippen molar-refractivity contribution in [2.24, 2.45) is 5.92 Å². The maximum absolute atomic E-state index is 12.7. The predicted molar refractivity (Wildman–Crippen MR) is 73.5 cm³/mol. The third-order valence-electron chi connectivity index (χ3n) is 4.63. The van der Waals surface area contributed by atoms with Crippen molar-refractivity contribution in [3.05, 3.63) is 24.0 Å². The first-order chi connectivity index (χ1) is 9.66. The molecule has 1 aliphatic heterocycles. The van der Waals surface area contributed by atoms with Gasteiger partial charge in [0.2, 0.25) is 0 Å². The maximum atomic E-state index is 12.7. The van der Waals surface area contributed by atoms with Crippen molar-refractivity contribution in [2.45, 2.75) is 44.7 Å². The molecule has 2 heterocycles. The van der Waals surface area contributed by atoms with E-state index in [0.717, 1.165) is 19.4 Å². The van der Waals surface area contributed by atoms with E-state index in [4.69, 9.17) is 5.11 Å². The Balaban J connectivity index is 1.79. The number of aromatic nitrogens is 1.